The molecule has 144 valence electrons. The average molecular weight is 386 g/mol. The Morgan fingerprint density at radius 3 is 2.81 bits per heavy atom. The zero-order valence-corrected chi connectivity index (χ0v) is 17.0. The summed E-state index contributed by atoms with van der Waals surface area (Å²) >= 11 is 1.56. The highest BCUT2D eigenvalue weighted by atomic mass is 32.2. The molecule has 1 fully saturated rings. The number of aromatic carboxylic acids is 1. The van der Waals surface area contributed by atoms with Gasteiger partial charge in [-0.05, 0) is 49.8 Å². The van der Waals surface area contributed by atoms with Gasteiger partial charge in [0.25, 0.3) is 0 Å². The van der Waals surface area contributed by atoms with E-state index < -0.39 is 5.97 Å². The molecule has 1 atom stereocenters. The molecule has 5 nitrogen and oxygen atoms in total. The zero-order chi connectivity index (χ0) is 19.4. The first-order valence-corrected chi connectivity index (χ1v) is 10.5. The van der Waals surface area contributed by atoms with Crippen LogP contribution in [0.5, 0.6) is 0 Å². The fraction of sp³-hybridized carbons (Fsp3) is 0.476. The normalized spacial score (nSPS) is 17.3. The molecule has 1 aliphatic heterocycles. The van der Waals surface area contributed by atoms with Crippen LogP contribution in [0.25, 0.3) is 0 Å². The lowest BCUT2D eigenvalue weighted by Gasteiger charge is -2.34. The lowest BCUT2D eigenvalue weighted by atomic mass is 10.0. The molecule has 3 rings (SSSR count). The van der Waals surface area contributed by atoms with E-state index in [9.17, 15) is 4.79 Å². The Bertz CT molecular complexity index is 810. The van der Waals surface area contributed by atoms with Crippen LogP contribution in [-0.2, 0) is 5.75 Å². The molecule has 1 aliphatic rings. The number of rotatable bonds is 6. The molecule has 0 aliphatic carbocycles. The molecular weight excluding hydrogens is 358 g/mol. The van der Waals surface area contributed by atoms with Gasteiger partial charge >= 0.3 is 5.97 Å². The van der Waals surface area contributed by atoms with Gasteiger partial charge in [0.05, 0.1) is 5.56 Å². The highest BCUT2D eigenvalue weighted by Gasteiger charge is 2.21. The summed E-state index contributed by atoms with van der Waals surface area (Å²) in [4.78, 5) is 23.1. The van der Waals surface area contributed by atoms with Gasteiger partial charge < -0.3 is 10.0 Å². The first-order chi connectivity index (χ1) is 12.9. The van der Waals surface area contributed by atoms with Gasteiger partial charge in [0.2, 0.25) is 0 Å². The van der Waals surface area contributed by atoms with Gasteiger partial charge in [0.1, 0.15) is 5.82 Å². The Morgan fingerprint density at radius 1 is 1.30 bits per heavy atom. The van der Waals surface area contributed by atoms with Crippen molar-refractivity contribution in [3.63, 3.8) is 0 Å². The number of hydrogen-bond donors (Lipinski definition) is 1. The molecule has 0 amide bonds. The second-order valence-electron chi connectivity index (χ2n) is 7.42. The highest BCUT2D eigenvalue weighted by Crippen LogP contribution is 2.29. The minimum absolute atomic E-state index is 0.313. The van der Waals surface area contributed by atoms with Gasteiger partial charge in [-0.15, -0.1) is 0 Å². The van der Waals surface area contributed by atoms with E-state index in [2.05, 4.69) is 31.7 Å². The molecule has 1 unspecified atom stereocenters. The molecule has 1 saturated heterocycles. The van der Waals surface area contributed by atoms with Crippen molar-refractivity contribution in [1.29, 1.82) is 0 Å². The maximum atomic E-state index is 11.2. The molecule has 0 radical (unpaired) electrons. The summed E-state index contributed by atoms with van der Waals surface area (Å²) in [7, 11) is 0. The summed E-state index contributed by atoms with van der Waals surface area (Å²) in [5.41, 5.74) is 2.33. The third-order valence-corrected chi connectivity index (χ3v) is 5.86. The van der Waals surface area contributed by atoms with Crippen molar-refractivity contribution in [2.24, 2.45) is 0 Å². The molecule has 1 aromatic heterocycles. The Kier molecular flexibility index (Phi) is 6.37. The van der Waals surface area contributed by atoms with Gasteiger partial charge in [-0.1, -0.05) is 37.7 Å². The Balaban J connectivity index is 1.82. The fourth-order valence-electron chi connectivity index (χ4n) is 3.32. The van der Waals surface area contributed by atoms with Crippen molar-refractivity contribution in [1.82, 2.24) is 9.97 Å². The van der Waals surface area contributed by atoms with Crippen LogP contribution in [0.15, 0.2) is 35.5 Å². The number of hydrogen-bond acceptors (Lipinski definition) is 5. The molecule has 0 bridgehead atoms. The van der Waals surface area contributed by atoms with Crippen molar-refractivity contribution in [3.05, 3.63) is 47.2 Å². The van der Waals surface area contributed by atoms with Crippen LogP contribution in [0.3, 0.4) is 0 Å². The molecule has 0 saturated carbocycles. The predicted octanol–water partition coefficient (Wildman–Crippen LogP) is 4.97. The fourth-order valence-corrected chi connectivity index (χ4v) is 4.12. The van der Waals surface area contributed by atoms with Crippen LogP contribution in [-0.4, -0.2) is 33.6 Å². The molecule has 1 N–H and O–H groups in total. The molecular formula is C21H27N3O2S. The first kappa shape index (κ1) is 19.7. The third kappa shape index (κ3) is 5.01. The maximum absolute atomic E-state index is 11.2. The standard InChI is InChI=1S/C21H27N3O2S/c1-14(2)18-12-19(24-10-5-4-7-15(24)3)23-21(22-18)27-13-16-8-6-9-17(11-16)20(25)26/h6,8-9,11-12,14-15H,4-5,7,10,13H2,1-3H3,(H,25,26). The molecule has 2 aromatic rings. The lowest BCUT2D eigenvalue weighted by molar-refractivity contribution is 0.0697. The van der Waals surface area contributed by atoms with E-state index in [1.54, 1.807) is 30.0 Å². The molecule has 1 aromatic carbocycles. The smallest absolute Gasteiger partial charge is 0.335 e. The van der Waals surface area contributed by atoms with Crippen LogP contribution in [0.1, 0.15) is 67.6 Å². The topological polar surface area (TPSA) is 66.3 Å². The Morgan fingerprint density at radius 2 is 2.11 bits per heavy atom. The van der Waals surface area contributed by atoms with Crippen molar-refractivity contribution in [2.75, 3.05) is 11.4 Å². The number of aromatic nitrogens is 2. The number of carboxylic acid groups (broad SMARTS) is 1. The number of carboxylic acids is 1. The van der Waals surface area contributed by atoms with Crippen molar-refractivity contribution < 1.29 is 9.90 Å². The van der Waals surface area contributed by atoms with Crippen LogP contribution < -0.4 is 4.90 Å². The minimum atomic E-state index is -0.902. The summed E-state index contributed by atoms with van der Waals surface area (Å²) in [5.74, 6) is 1.10. The number of thioether (sulfide) groups is 1. The van der Waals surface area contributed by atoms with E-state index in [1.165, 1.54) is 19.3 Å². The highest BCUT2D eigenvalue weighted by molar-refractivity contribution is 7.98. The average Bonchev–Trinajstić information content (AvgIpc) is 2.66. The minimum Gasteiger partial charge on any atom is -0.478 e. The van der Waals surface area contributed by atoms with Crippen LogP contribution in [0, 0.1) is 0 Å². The number of anilines is 1. The SMILES string of the molecule is CC(C)c1cc(N2CCCCC2C)nc(SCc2cccc(C(=O)O)c2)n1. The second kappa shape index (κ2) is 8.74. The number of carbonyl (C=O) groups is 1. The molecule has 6 heteroatoms. The van der Waals surface area contributed by atoms with Crippen LogP contribution >= 0.6 is 11.8 Å². The largest absolute Gasteiger partial charge is 0.478 e. The summed E-state index contributed by atoms with van der Waals surface area (Å²) in [6.45, 7) is 7.61. The van der Waals surface area contributed by atoms with E-state index in [0.717, 1.165) is 28.8 Å². The summed E-state index contributed by atoms with van der Waals surface area (Å²) < 4.78 is 0. The number of benzene rings is 1. The Labute approximate surface area is 165 Å². The number of nitrogens with zero attached hydrogens (tertiary/aromatic N) is 3. The van der Waals surface area contributed by atoms with Crippen molar-refractivity contribution >= 4 is 23.5 Å². The summed E-state index contributed by atoms with van der Waals surface area (Å²) in [6.07, 6.45) is 3.68. The van der Waals surface area contributed by atoms with Crippen molar-refractivity contribution in [2.45, 2.75) is 62.9 Å². The molecule has 2 heterocycles. The van der Waals surface area contributed by atoms with E-state index in [1.807, 2.05) is 6.07 Å². The molecule has 27 heavy (non-hydrogen) atoms. The lowest BCUT2D eigenvalue weighted by Crippen LogP contribution is -2.38. The first-order valence-electron chi connectivity index (χ1n) is 9.54. The quantitative estimate of drug-likeness (QED) is 0.559. The van der Waals surface area contributed by atoms with Crippen molar-refractivity contribution in [3.8, 4) is 0 Å². The predicted molar refractivity (Wildman–Crippen MR) is 110 cm³/mol. The summed E-state index contributed by atoms with van der Waals surface area (Å²) in [6, 6.07) is 9.68. The number of piperidine rings is 1. The monoisotopic (exact) mass is 385 g/mol. The van der Waals surface area contributed by atoms with Gasteiger partial charge in [0.15, 0.2) is 5.16 Å². The van der Waals surface area contributed by atoms with Crippen LogP contribution in [0.4, 0.5) is 5.82 Å². The van der Waals surface area contributed by atoms with Gasteiger partial charge in [-0.25, -0.2) is 14.8 Å². The van der Waals surface area contributed by atoms with E-state index in [4.69, 9.17) is 15.1 Å². The van der Waals surface area contributed by atoms with Crippen LogP contribution in [0.2, 0.25) is 0 Å². The van der Waals surface area contributed by atoms with E-state index in [0.29, 0.717) is 23.3 Å². The van der Waals surface area contributed by atoms with Gasteiger partial charge in [-0.2, -0.15) is 0 Å². The second-order valence-corrected chi connectivity index (χ2v) is 8.36. The van der Waals surface area contributed by atoms with Gasteiger partial charge in [0, 0.05) is 30.1 Å². The summed E-state index contributed by atoms with van der Waals surface area (Å²) in [5, 5.41) is 9.92. The third-order valence-electron chi connectivity index (χ3n) is 4.94. The Hall–Kier alpha value is -2.08. The van der Waals surface area contributed by atoms with Gasteiger partial charge in [-0.3, -0.25) is 0 Å². The van der Waals surface area contributed by atoms with E-state index in [-0.39, 0.29) is 0 Å². The van der Waals surface area contributed by atoms with E-state index >= 15 is 0 Å². The zero-order valence-electron chi connectivity index (χ0n) is 16.2. The molecule has 0 spiro atoms. The maximum Gasteiger partial charge on any atom is 0.335 e.